The highest BCUT2D eigenvalue weighted by atomic mass is 16.5. The normalized spacial score (nSPS) is 37.0. The van der Waals surface area contributed by atoms with Gasteiger partial charge in [-0.15, -0.1) is 0 Å². The van der Waals surface area contributed by atoms with E-state index in [1.165, 1.54) is 0 Å². The number of carbonyl (C=O) groups is 1. The summed E-state index contributed by atoms with van der Waals surface area (Å²) in [4.78, 5) is 14.0. The van der Waals surface area contributed by atoms with E-state index >= 15 is 0 Å². The van der Waals surface area contributed by atoms with Crippen molar-refractivity contribution in [3.63, 3.8) is 0 Å². The third-order valence-corrected chi connectivity index (χ3v) is 5.42. The van der Waals surface area contributed by atoms with Crippen LogP contribution < -0.4 is 5.32 Å². The zero-order chi connectivity index (χ0) is 14.3. The summed E-state index contributed by atoms with van der Waals surface area (Å²) < 4.78 is 5.56. The average molecular weight is 270 g/mol. The minimum atomic E-state index is -0.174. The van der Waals surface area contributed by atoms with Crippen molar-refractivity contribution in [2.24, 2.45) is 5.41 Å². The highest BCUT2D eigenvalue weighted by molar-refractivity contribution is 5.75. The summed E-state index contributed by atoms with van der Waals surface area (Å²) in [5.41, 5.74) is -0.252. The maximum absolute atomic E-state index is 12.3. The Bertz CT molecular complexity index is 359. The zero-order valence-electron chi connectivity index (χ0n) is 12.4. The molecule has 1 aliphatic carbocycles. The Morgan fingerprint density at radius 2 is 2.16 bits per heavy atom. The number of likely N-dealkylation sites (tertiary alicyclic amines) is 1. The number of rotatable bonds is 3. The smallest absolute Gasteiger partial charge is 0.317 e. The molecule has 1 saturated carbocycles. The summed E-state index contributed by atoms with van der Waals surface area (Å²) in [6, 6.07) is 0.0645. The highest BCUT2D eigenvalue weighted by Gasteiger charge is 2.58. The molecule has 1 aliphatic heterocycles. The highest BCUT2D eigenvalue weighted by Crippen LogP contribution is 2.51. The molecule has 0 unspecified atom stereocenters. The number of nitrogens with one attached hydrogen (secondary N) is 1. The van der Waals surface area contributed by atoms with Crippen LogP contribution in [0.3, 0.4) is 0 Å². The van der Waals surface area contributed by atoms with Gasteiger partial charge in [0.25, 0.3) is 0 Å². The van der Waals surface area contributed by atoms with E-state index in [1.54, 1.807) is 12.0 Å². The van der Waals surface area contributed by atoms with Gasteiger partial charge in [-0.2, -0.15) is 0 Å². The Morgan fingerprint density at radius 3 is 2.68 bits per heavy atom. The first kappa shape index (κ1) is 14.6. The molecule has 5 nitrogen and oxygen atoms in total. The van der Waals surface area contributed by atoms with Crippen molar-refractivity contribution in [1.82, 2.24) is 10.2 Å². The minimum absolute atomic E-state index is 0.0167. The second-order valence-electron chi connectivity index (χ2n) is 6.53. The van der Waals surface area contributed by atoms with Crippen LogP contribution in [0.1, 0.15) is 40.0 Å². The van der Waals surface area contributed by atoms with Gasteiger partial charge in [0.05, 0.1) is 18.2 Å². The van der Waals surface area contributed by atoms with Gasteiger partial charge in [-0.05, 0) is 26.2 Å². The van der Waals surface area contributed by atoms with Crippen molar-refractivity contribution < 1.29 is 14.6 Å². The molecule has 19 heavy (non-hydrogen) atoms. The fourth-order valence-corrected chi connectivity index (χ4v) is 3.25. The summed E-state index contributed by atoms with van der Waals surface area (Å²) in [6.45, 7) is 7.13. The topological polar surface area (TPSA) is 61.8 Å². The van der Waals surface area contributed by atoms with Crippen molar-refractivity contribution >= 4 is 6.03 Å². The molecule has 0 aromatic heterocycles. The third kappa shape index (κ3) is 2.23. The quantitative estimate of drug-likeness (QED) is 0.814. The van der Waals surface area contributed by atoms with E-state index in [9.17, 15) is 9.90 Å². The maximum Gasteiger partial charge on any atom is 0.317 e. The molecular weight excluding hydrogens is 244 g/mol. The van der Waals surface area contributed by atoms with E-state index in [4.69, 9.17) is 4.74 Å². The number of aliphatic hydroxyl groups excluding tert-OH is 1. The lowest BCUT2D eigenvalue weighted by molar-refractivity contribution is -0.177. The van der Waals surface area contributed by atoms with E-state index < -0.39 is 0 Å². The first-order valence-electron chi connectivity index (χ1n) is 7.09. The Labute approximate surface area is 115 Å². The van der Waals surface area contributed by atoms with Gasteiger partial charge in [-0.3, -0.25) is 0 Å². The molecule has 2 fully saturated rings. The monoisotopic (exact) mass is 270 g/mol. The predicted octanol–water partition coefficient (Wildman–Crippen LogP) is 1.36. The number of carbonyl (C=O) groups excluding carboxylic acids is 1. The molecule has 0 aromatic rings. The van der Waals surface area contributed by atoms with Crippen LogP contribution in [0.25, 0.3) is 0 Å². The second-order valence-corrected chi connectivity index (χ2v) is 6.53. The average Bonchev–Trinajstić information content (AvgIpc) is 2.86. The van der Waals surface area contributed by atoms with Gasteiger partial charge >= 0.3 is 6.03 Å². The van der Waals surface area contributed by atoms with Gasteiger partial charge in [0, 0.05) is 25.1 Å². The molecule has 2 aliphatic rings. The number of urea groups is 1. The maximum atomic E-state index is 12.3. The van der Waals surface area contributed by atoms with Crippen LogP contribution in [0.15, 0.2) is 0 Å². The molecule has 1 saturated heterocycles. The van der Waals surface area contributed by atoms with E-state index in [2.05, 4.69) is 26.1 Å². The summed E-state index contributed by atoms with van der Waals surface area (Å²) in [6.07, 6.45) is 2.70. The van der Waals surface area contributed by atoms with Crippen molar-refractivity contribution in [3.05, 3.63) is 0 Å². The van der Waals surface area contributed by atoms with Crippen LogP contribution in [0.5, 0.6) is 0 Å². The first-order valence-corrected chi connectivity index (χ1v) is 7.09. The number of aliphatic hydroxyl groups is 1. The molecule has 2 amide bonds. The summed E-state index contributed by atoms with van der Waals surface area (Å²) in [7, 11) is 1.72. The largest absolute Gasteiger partial charge is 0.394 e. The van der Waals surface area contributed by atoms with Crippen LogP contribution >= 0.6 is 0 Å². The van der Waals surface area contributed by atoms with E-state index in [0.29, 0.717) is 0 Å². The molecule has 5 heteroatoms. The molecule has 3 atom stereocenters. The van der Waals surface area contributed by atoms with Crippen LogP contribution in [-0.4, -0.2) is 54.0 Å². The van der Waals surface area contributed by atoms with Crippen LogP contribution in [-0.2, 0) is 4.74 Å². The number of hydrogen-bond acceptors (Lipinski definition) is 3. The van der Waals surface area contributed by atoms with Gasteiger partial charge in [-0.1, -0.05) is 13.8 Å². The number of amides is 2. The molecule has 0 bridgehead atoms. The lowest BCUT2D eigenvalue weighted by Gasteiger charge is -2.59. The van der Waals surface area contributed by atoms with Gasteiger partial charge in [0.1, 0.15) is 0 Å². The fourth-order valence-electron chi connectivity index (χ4n) is 3.25. The molecule has 1 heterocycles. The zero-order valence-corrected chi connectivity index (χ0v) is 12.4. The lowest BCUT2D eigenvalue weighted by Crippen LogP contribution is -2.69. The summed E-state index contributed by atoms with van der Waals surface area (Å²) >= 11 is 0. The molecular formula is C14H26N2O3. The molecule has 110 valence electrons. The summed E-state index contributed by atoms with van der Waals surface area (Å²) in [5.74, 6) is 0. The number of nitrogens with zero attached hydrogens (tertiary/aromatic N) is 1. The van der Waals surface area contributed by atoms with Crippen LogP contribution in [0.4, 0.5) is 4.79 Å². The standard InChI is InChI=1S/C14H26N2O3/c1-13(2)11(8-14(13,3)19-4)15-12(18)16-7-5-6-10(16)9-17/h10-11,17H,5-9H2,1-4H3,(H,15,18)/t10-,11-,14-/m1/s1. The van der Waals surface area contributed by atoms with E-state index in [1.807, 2.05) is 0 Å². The molecule has 0 spiro atoms. The van der Waals surface area contributed by atoms with Gasteiger partial charge in [-0.25, -0.2) is 4.79 Å². The van der Waals surface area contributed by atoms with Gasteiger partial charge < -0.3 is 20.1 Å². The summed E-state index contributed by atoms with van der Waals surface area (Å²) in [5, 5.41) is 12.4. The molecule has 2 N–H and O–H groups in total. The molecule has 0 aromatic carbocycles. The Kier molecular flexibility index (Phi) is 3.80. The minimum Gasteiger partial charge on any atom is -0.394 e. The number of methoxy groups -OCH3 is 1. The van der Waals surface area contributed by atoms with Crippen LogP contribution in [0, 0.1) is 5.41 Å². The molecule has 2 rings (SSSR count). The Morgan fingerprint density at radius 1 is 1.47 bits per heavy atom. The lowest BCUT2D eigenvalue weighted by atomic mass is 9.56. The Balaban J connectivity index is 1.94. The van der Waals surface area contributed by atoms with Crippen molar-refractivity contribution in [1.29, 1.82) is 0 Å². The molecule has 0 radical (unpaired) electrons. The number of hydrogen-bond donors (Lipinski definition) is 2. The SMILES string of the molecule is CO[C@]1(C)C[C@@H](NC(=O)N2CCC[C@@H]2CO)C1(C)C. The first-order chi connectivity index (χ1) is 8.85. The fraction of sp³-hybridized carbons (Fsp3) is 0.929. The predicted molar refractivity (Wildman–Crippen MR) is 72.9 cm³/mol. The van der Waals surface area contributed by atoms with Crippen molar-refractivity contribution in [2.75, 3.05) is 20.3 Å². The van der Waals surface area contributed by atoms with E-state index in [-0.39, 0.29) is 35.7 Å². The van der Waals surface area contributed by atoms with Gasteiger partial charge in [0.15, 0.2) is 0 Å². The van der Waals surface area contributed by atoms with Gasteiger partial charge in [0.2, 0.25) is 0 Å². The van der Waals surface area contributed by atoms with Crippen molar-refractivity contribution in [2.45, 2.75) is 57.7 Å². The second kappa shape index (κ2) is 4.94. The van der Waals surface area contributed by atoms with E-state index in [0.717, 1.165) is 25.8 Å². The Hall–Kier alpha value is -0.810. The third-order valence-electron chi connectivity index (χ3n) is 5.42. The van der Waals surface area contributed by atoms with Crippen LogP contribution in [0.2, 0.25) is 0 Å². The van der Waals surface area contributed by atoms with Crippen molar-refractivity contribution in [3.8, 4) is 0 Å². The number of ether oxygens (including phenoxy) is 1.